The molecule has 2 aromatic carbocycles. The molecule has 2 unspecified atom stereocenters. The van der Waals surface area contributed by atoms with Gasteiger partial charge in [0.05, 0.1) is 6.61 Å². The minimum atomic E-state index is -0.578. The van der Waals surface area contributed by atoms with Crippen LogP contribution in [-0.4, -0.2) is 30.1 Å². The highest BCUT2D eigenvalue weighted by Gasteiger charge is 2.44. The Morgan fingerprint density at radius 3 is 2.50 bits per heavy atom. The Morgan fingerprint density at radius 1 is 1.11 bits per heavy atom. The number of urea groups is 1. The van der Waals surface area contributed by atoms with Gasteiger partial charge in [0.2, 0.25) is 5.91 Å². The van der Waals surface area contributed by atoms with Crippen LogP contribution >= 0.6 is 0 Å². The van der Waals surface area contributed by atoms with Gasteiger partial charge >= 0.3 is 6.03 Å². The van der Waals surface area contributed by atoms with Gasteiger partial charge in [-0.2, -0.15) is 0 Å². The average molecular weight is 383 g/mol. The lowest BCUT2D eigenvalue weighted by Gasteiger charge is -2.14. The van der Waals surface area contributed by atoms with Crippen LogP contribution in [0.5, 0.6) is 17.2 Å². The van der Waals surface area contributed by atoms with Crippen LogP contribution in [0.25, 0.3) is 0 Å². The second kappa shape index (κ2) is 8.75. The maximum absolute atomic E-state index is 12.2. The van der Waals surface area contributed by atoms with Crippen LogP contribution in [0, 0.1) is 5.92 Å². The molecule has 0 heterocycles. The fraction of sp³-hybridized carbons (Fsp3) is 0.333. The van der Waals surface area contributed by atoms with Gasteiger partial charge in [-0.3, -0.25) is 15.1 Å². The summed E-state index contributed by atoms with van der Waals surface area (Å²) >= 11 is 0. The Bertz CT molecular complexity index is 838. The number of nitrogens with zero attached hydrogens (tertiary/aromatic N) is 1. The molecule has 1 fully saturated rings. The molecule has 0 spiro atoms. The fourth-order valence-electron chi connectivity index (χ4n) is 2.98. The zero-order valence-electron chi connectivity index (χ0n) is 16.1. The standard InChI is InChI=1S/C21H25N3O4/c1-3-24(22)21(26)23-20(25)19-13-18(19)14-6-5-7-17(12-14)28-16-10-8-15(9-11-16)27-4-2/h5-12,18-19H,3-4,13,22H2,1-2H3,(H,23,25,26). The molecule has 0 radical (unpaired) electrons. The van der Waals surface area contributed by atoms with Gasteiger partial charge in [0.1, 0.15) is 17.2 Å². The zero-order chi connectivity index (χ0) is 20.1. The van der Waals surface area contributed by atoms with E-state index in [0.717, 1.165) is 16.3 Å². The van der Waals surface area contributed by atoms with E-state index in [1.807, 2.05) is 55.5 Å². The number of amides is 3. The first-order valence-electron chi connectivity index (χ1n) is 9.39. The minimum Gasteiger partial charge on any atom is -0.494 e. The zero-order valence-corrected chi connectivity index (χ0v) is 16.1. The van der Waals surface area contributed by atoms with Gasteiger partial charge in [-0.05, 0) is 68.1 Å². The number of hydrogen-bond donors (Lipinski definition) is 2. The Labute approximate surface area is 164 Å². The number of benzene rings is 2. The summed E-state index contributed by atoms with van der Waals surface area (Å²) in [5, 5.41) is 3.32. The summed E-state index contributed by atoms with van der Waals surface area (Å²) in [6.45, 7) is 4.62. The van der Waals surface area contributed by atoms with Crippen LogP contribution in [0.4, 0.5) is 4.79 Å². The number of hydrazine groups is 1. The lowest BCUT2D eigenvalue weighted by Crippen LogP contribution is -2.47. The predicted octanol–water partition coefficient (Wildman–Crippen LogP) is 3.41. The molecule has 3 N–H and O–H groups in total. The van der Waals surface area contributed by atoms with Crippen LogP contribution < -0.4 is 20.6 Å². The van der Waals surface area contributed by atoms with Crippen LogP contribution in [0.2, 0.25) is 0 Å². The fourth-order valence-corrected chi connectivity index (χ4v) is 2.98. The van der Waals surface area contributed by atoms with E-state index in [9.17, 15) is 9.59 Å². The van der Waals surface area contributed by atoms with Crippen molar-refractivity contribution in [1.82, 2.24) is 10.3 Å². The maximum atomic E-state index is 12.2. The third kappa shape index (κ3) is 4.80. The van der Waals surface area contributed by atoms with Crippen molar-refractivity contribution in [2.24, 2.45) is 11.8 Å². The maximum Gasteiger partial charge on any atom is 0.338 e. The van der Waals surface area contributed by atoms with Crippen molar-refractivity contribution in [3.05, 3.63) is 54.1 Å². The highest BCUT2D eigenvalue weighted by Crippen LogP contribution is 2.48. The van der Waals surface area contributed by atoms with E-state index in [-0.39, 0.29) is 17.7 Å². The molecule has 7 heteroatoms. The molecule has 0 aliphatic heterocycles. The Morgan fingerprint density at radius 2 is 1.82 bits per heavy atom. The highest BCUT2D eigenvalue weighted by atomic mass is 16.5. The van der Waals surface area contributed by atoms with Gasteiger partial charge in [-0.15, -0.1) is 0 Å². The monoisotopic (exact) mass is 383 g/mol. The molecule has 148 valence electrons. The number of carbonyl (C=O) groups excluding carboxylic acids is 2. The Hall–Kier alpha value is -3.06. The lowest BCUT2D eigenvalue weighted by molar-refractivity contribution is -0.121. The number of ether oxygens (including phenoxy) is 2. The van der Waals surface area contributed by atoms with Gasteiger partial charge < -0.3 is 9.47 Å². The van der Waals surface area contributed by atoms with Gasteiger partial charge in [-0.25, -0.2) is 10.6 Å². The second-order valence-corrected chi connectivity index (χ2v) is 6.61. The van der Waals surface area contributed by atoms with Gasteiger partial charge in [0, 0.05) is 12.5 Å². The summed E-state index contributed by atoms with van der Waals surface area (Å²) in [5.74, 6) is 7.25. The quantitative estimate of drug-likeness (QED) is 0.434. The molecule has 1 saturated carbocycles. The number of hydrogen-bond acceptors (Lipinski definition) is 5. The Balaban J connectivity index is 1.59. The second-order valence-electron chi connectivity index (χ2n) is 6.61. The van der Waals surface area contributed by atoms with Crippen molar-refractivity contribution >= 4 is 11.9 Å². The van der Waals surface area contributed by atoms with E-state index in [0.29, 0.717) is 31.1 Å². The Kier molecular flexibility index (Phi) is 6.16. The summed E-state index contributed by atoms with van der Waals surface area (Å²) in [5.41, 5.74) is 1.01. The van der Waals surface area contributed by atoms with Crippen LogP contribution in [0.1, 0.15) is 31.7 Å². The molecule has 1 aliphatic rings. The highest BCUT2D eigenvalue weighted by molar-refractivity contribution is 5.97. The molecule has 0 aromatic heterocycles. The summed E-state index contributed by atoms with van der Waals surface area (Å²) in [6.07, 6.45) is 0.697. The molecule has 2 aromatic rings. The van der Waals surface area contributed by atoms with Gasteiger partial charge in [0.15, 0.2) is 0 Å². The number of rotatable bonds is 7. The van der Waals surface area contributed by atoms with Crippen LogP contribution in [0.3, 0.4) is 0 Å². The van der Waals surface area contributed by atoms with E-state index in [2.05, 4.69) is 5.32 Å². The van der Waals surface area contributed by atoms with Crippen molar-refractivity contribution < 1.29 is 19.1 Å². The third-order valence-corrected chi connectivity index (χ3v) is 4.62. The van der Waals surface area contributed by atoms with Crippen molar-refractivity contribution in [2.75, 3.05) is 13.2 Å². The van der Waals surface area contributed by atoms with E-state index < -0.39 is 6.03 Å². The summed E-state index contributed by atoms with van der Waals surface area (Å²) in [6, 6.07) is 14.5. The van der Waals surface area contributed by atoms with Crippen molar-refractivity contribution in [3.63, 3.8) is 0 Å². The first kappa shape index (κ1) is 19.7. The summed E-state index contributed by atoms with van der Waals surface area (Å²) in [7, 11) is 0. The predicted molar refractivity (Wildman–Crippen MR) is 105 cm³/mol. The van der Waals surface area contributed by atoms with Gasteiger partial charge in [-0.1, -0.05) is 12.1 Å². The smallest absolute Gasteiger partial charge is 0.338 e. The van der Waals surface area contributed by atoms with Crippen LogP contribution in [0.15, 0.2) is 48.5 Å². The summed E-state index contributed by atoms with van der Waals surface area (Å²) in [4.78, 5) is 23.9. The average Bonchev–Trinajstić information content (AvgIpc) is 3.50. The lowest BCUT2D eigenvalue weighted by atomic mass is 10.1. The largest absolute Gasteiger partial charge is 0.494 e. The molecule has 28 heavy (non-hydrogen) atoms. The van der Waals surface area contributed by atoms with Crippen molar-refractivity contribution in [1.29, 1.82) is 0 Å². The van der Waals surface area contributed by atoms with E-state index >= 15 is 0 Å². The molecular weight excluding hydrogens is 358 g/mol. The minimum absolute atomic E-state index is 0.0736. The molecule has 3 rings (SSSR count). The summed E-state index contributed by atoms with van der Waals surface area (Å²) < 4.78 is 11.3. The van der Waals surface area contributed by atoms with Crippen LogP contribution in [-0.2, 0) is 4.79 Å². The van der Waals surface area contributed by atoms with E-state index in [1.165, 1.54) is 0 Å². The molecule has 0 saturated heterocycles. The van der Waals surface area contributed by atoms with Crippen molar-refractivity contribution in [3.8, 4) is 17.2 Å². The number of imide groups is 1. The van der Waals surface area contributed by atoms with Gasteiger partial charge in [0.25, 0.3) is 0 Å². The number of carbonyl (C=O) groups is 2. The molecule has 1 aliphatic carbocycles. The first-order valence-corrected chi connectivity index (χ1v) is 9.39. The molecule has 2 atom stereocenters. The SMILES string of the molecule is CCOc1ccc(Oc2cccc(C3CC3C(=O)NC(=O)N(N)CC)c2)cc1. The van der Waals surface area contributed by atoms with E-state index in [1.54, 1.807) is 6.92 Å². The molecule has 3 amide bonds. The number of nitrogens with one attached hydrogen (secondary N) is 1. The number of nitrogens with two attached hydrogens (primary N) is 1. The topological polar surface area (TPSA) is 93.9 Å². The van der Waals surface area contributed by atoms with E-state index in [4.69, 9.17) is 15.3 Å². The first-order chi connectivity index (χ1) is 13.5. The molecule has 7 nitrogen and oxygen atoms in total. The molecule has 0 bridgehead atoms. The normalized spacial score (nSPS) is 17.5. The molecular formula is C21H25N3O4. The third-order valence-electron chi connectivity index (χ3n) is 4.62. The van der Waals surface area contributed by atoms with Crippen molar-refractivity contribution in [2.45, 2.75) is 26.2 Å².